The van der Waals surface area contributed by atoms with Crippen LogP contribution in [0.1, 0.15) is 32.3 Å². The summed E-state index contributed by atoms with van der Waals surface area (Å²) in [5.74, 6) is -0.182. The van der Waals surface area contributed by atoms with Crippen molar-refractivity contribution in [3.63, 3.8) is 0 Å². The first-order valence-electron chi connectivity index (χ1n) is 9.72. The van der Waals surface area contributed by atoms with Gasteiger partial charge < -0.3 is 32.7 Å². The summed E-state index contributed by atoms with van der Waals surface area (Å²) in [5, 5.41) is 11.0. The first-order chi connectivity index (χ1) is 13.9. The largest absolute Gasteiger partial charge is 0.399 e. The number of nitrogens with one attached hydrogen (secondary N) is 4. The maximum absolute atomic E-state index is 11.6. The van der Waals surface area contributed by atoms with Crippen molar-refractivity contribution in [1.82, 2.24) is 21.3 Å². The van der Waals surface area contributed by atoms with E-state index >= 15 is 0 Å². The number of benzene rings is 1. The first-order valence-corrected chi connectivity index (χ1v) is 9.72. The second-order valence-corrected chi connectivity index (χ2v) is 7.09. The molecule has 182 valence electrons. The van der Waals surface area contributed by atoms with Gasteiger partial charge in [-0.2, -0.15) is 27.0 Å². The molecule has 2 atom stereocenters. The average Bonchev–Trinajstić information content (AvgIpc) is 2.70. The van der Waals surface area contributed by atoms with Crippen molar-refractivity contribution in [3.8, 4) is 0 Å². The normalized spacial score (nSPS) is 19.2. The van der Waals surface area contributed by atoms with Crippen LogP contribution in [0.5, 0.6) is 0 Å². The second kappa shape index (κ2) is 16.3. The quantitative estimate of drug-likeness (QED) is 0.246. The maximum atomic E-state index is 11.6. The zero-order valence-corrected chi connectivity index (χ0v) is 19.5. The van der Waals surface area contributed by atoms with Crippen LogP contribution in [0.25, 0.3) is 0 Å². The van der Waals surface area contributed by atoms with E-state index in [0.717, 1.165) is 29.8 Å². The predicted molar refractivity (Wildman–Crippen MR) is 139 cm³/mol. The van der Waals surface area contributed by atoms with Crippen LogP contribution >= 0.6 is 27.0 Å². The third kappa shape index (κ3) is 10.8. The van der Waals surface area contributed by atoms with Crippen molar-refractivity contribution >= 4 is 50.4 Å². The lowest BCUT2D eigenvalue weighted by molar-refractivity contribution is -0.133. The molecule has 32 heavy (non-hydrogen) atoms. The SMILES string of the molecule is C.C=C1CNC(=O)[C@H](Cc2ccc(N)cc2)N1.NCCCC[C@@H]1NC(=O)CNC1=O.S.S. The molecule has 3 rings (SSSR count). The van der Waals surface area contributed by atoms with Crippen LogP contribution in [0, 0.1) is 0 Å². The van der Waals surface area contributed by atoms with Crippen LogP contribution in [-0.4, -0.2) is 49.4 Å². The zero-order chi connectivity index (χ0) is 21.2. The third-order valence-electron chi connectivity index (χ3n) is 4.61. The Bertz CT molecular complexity index is 746. The van der Waals surface area contributed by atoms with E-state index in [1.165, 1.54) is 0 Å². The molecule has 0 unspecified atom stereocenters. The molecule has 0 spiro atoms. The minimum absolute atomic E-state index is 0. The summed E-state index contributed by atoms with van der Waals surface area (Å²) >= 11 is 0. The molecule has 2 fully saturated rings. The highest BCUT2D eigenvalue weighted by atomic mass is 32.1. The molecule has 0 bridgehead atoms. The minimum Gasteiger partial charge on any atom is -0.399 e. The Labute approximate surface area is 204 Å². The van der Waals surface area contributed by atoms with Gasteiger partial charge >= 0.3 is 0 Å². The molecule has 1 aromatic carbocycles. The Morgan fingerprint density at radius 2 is 1.50 bits per heavy atom. The van der Waals surface area contributed by atoms with E-state index in [1.807, 2.05) is 24.3 Å². The molecule has 0 radical (unpaired) electrons. The zero-order valence-electron chi connectivity index (χ0n) is 17.5. The van der Waals surface area contributed by atoms with Crippen LogP contribution in [0.2, 0.25) is 0 Å². The molecule has 8 N–H and O–H groups in total. The predicted octanol–water partition coefficient (Wildman–Crippen LogP) is 0.00470. The highest BCUT2D eigenvalue weighted by molar-refractivity contribution is 7.59. The van der Waals surface area contributed by atoms with E-state index in [-0.39, 0.29) is 70.8 Å². The topological polar surface area (TPSA) is 151 Å². The van der Waals surface area contributed by atoms with E-state index in [2.05, 4.69) is 27.8 Å². The molecule has 2 aliphatic heterocycles. The molecular weight excluding hydrogens is 448 g/mol. The number of amides is 3. The van der Waals surface area contributed by atoms with E-state index < -0.39 is 0 Å². The van der Waals surface area contributed by atoms with Gasteiger partial charge in [0.1, 0.15) is 12.1 Å². The van der Waals surface area contributed by atoms with Gasteiger partial charge in [0.05, 0.1) is 13.1 Å². The Morgan fingerprint density at radius 1 is 0.906 bits per heavy atom. The Morgan fingerprint density at radius 3 is 2.12 bits per heavy atom. The maximum Gasteiger partial charge on any atom is 0.243 e. The fourth-order valence-electron chi connectivity index (χ4n) is 3.01. The standard InChI is InChI=1S/C12H15N3O.C8H15N3O2.CH4.2H2S/c1-8-7-14-12(16)11(15-8)6-9-2-4-10(13)5-3-9;9-4-2-1-3-6-8(13)10-5-7(12)11-6;;;/h2-5,11,15H,1,6-7,13H2,(H,14,16);6H,1-5,9H2,(H,10,13)(H,11,12);1H4;2*1H2/t11-;6-;;;/m00.../s1. The number of nitrogen functional groups attached to an aromatic ring is 1. The second-order valence-electron chi connectivity index (χ2n) is 7.09. The lowest BCUT2D eigenvalue weighted by Gasteiger charge is -2.26. The number of anilines is 1. The van der Waals surface area contributed by atoms with Crippen molar-refractivity contribution in [2.75, 3.05) is 25.4 Å². The number of unbranched alkanes of at least 4 members (excludes halogenated alkanes) is 1. The Kier molecular flexibility index (Phi) is 16.2. The minimum atomic E-state index is -0.354. The van der Waals surface area contributed by atoms with E-state index in [1.54, 1.807) is 0 Å². The molecule has 2 heterocycles. The average molecular weight is 487 g/mol. The fraction of sp³-hybridized carbons (Fsp3) is 0.476. The number of carbonyl (C=O) groups is 3. The first kappa shape index (κ1) is 31.8. The van der Waals surface area contributed by atoms with Gasteiger partial charge in [-0.05, 0) is 43.5 Å². The highest BCUT2D eigenvalue weighted by Gasteiger charge is 2.25. The van der Waals surface area contributed by atoms with Crippen LogP contribution in [-0.2, 0) is 20.8 Å². The number of hydrogen-bond donors (Lipinski definition) is 6. The number of nitrogens with two attached hydrogens (primary N) is 2. The van der Waals surface area contributed by atoms with E-state index in [0.29, 0.717) is 25.9 Å². The molecule has 11 heteroatoms. The molecule has 2 saturated heterocycles. The molecule has 0 saturated carbocycles. The number of carbonyl (C=O) groups excluding carboxylic acids is 3. The summed E-state index contributed by atoms with van der Waals surface area (Å²) in [4.78, 5) is 33.6. The summed E-state index contributed by atoms with van der Waals surface area (Å²) in [7, 11) is 0. The number of piperazine rings is 2. The monoisotopic (exact) mass is 486 g/mol. The van der Waals surface area contributed by atoms with Gasteiger partial charge in [0.25, 0.3) is 0 Å². The molecule has 3 amide bonds. The third-order valence-corrected chi connectivity index (χ3v) is 4.61. The van der Waals surface area contributed by atoms with Crippen molar-refractivity contribution < 1.29 is 14.4 Å². The van der Waals surface area contributed by atoms with Gasteiger partial charge in [0.15, 0.2) is 0 Å². The highest BCUT2D eigenvalue weighted by Crippen LogP contribution is 2.10. The van der Waals surface area contributed by atoms with E-state index in [9.17, 15) is 14.4 Å². The lowest BCUT2D eigenvalue weighted by Crippen LogP contribution is -2.56. The van der Waals surface area contributed by atoms with Crippen molar-refractivity contribution in [2.45, 2.75) is 45.2 Å². The summed E-state index contributed by atoms with van der Waals surface area (Å²) in [6.45, 7) is 5.05. The molecule has 9 nitrogen and oxygen atoms in total. The summed E-state index contributed by atoms with van der Waals surface area (Å²) in [6, 6.07) is 6.96. The fourth-order valence-corrected chi connectivity index (χ4v) is 3.01. The number of rotatable bonds is 6. The molecule has 0 aliphatic carbocycles. The van der Waals surface area contributed by atoms with Crippen molar-refractivity contribution in [1.29, 1.82) is 0 Å². The van der Waals surface area contributed by atoms with Gasteiger partial charge in [0, 0.05) is 17.8 Å². The molecular formula is C21H38N6O3S2. The lowest BCUT2D eigenvalue weighted by atomic mass is 10.0. The smallest absolute Gasteiger partial charge is 0.243 e. The van der Waals surface area contributed by atoms with Crippen LogP contribution < -0.4 is 32.7 Å². The summed E-state index contributed by atoms with van der Waals surface area (Å²) < 4.78 is 0. The van der Waals surface area contributed by atoms with Crippen LogP contribution in [0.3, 0.4) is 0 Å². The van der Waals surface area contributed by atoms with Gasteiger partial charge in [-0.25, -0.2) is 0 Å². The van der Waals surface area contributed by atoms with Crippen molar-refractivity contribution in [3.05, 3.63) is 42.1 Å². The molecule has 2 aliphatic rings. The molecule has 0 aromatic heterocycles. The molecule has 1 aromatic rings. The summed E-state index contributed by atoms with van der Waals surface area (Å²) in [5.41, 5.74) is 13.6. The van der Waals surface area contributed by atoms with Gasteiger partial charge in [-0.15, -0.1) is 0 Å². The van der Waals surface area contributed by atoms with Gasteiger partial charge in [-0.3, -0.25) is 14.4 Å². The van der Waals surface area contributed by atoms with Crippen LogP contribution in [0.4, 0.5) is 5.69 Å². The number of hydrogen-bond acceptors (Lipinski definition) is 6. The Balaban J connectivity index is 0. The Hall–Kier alpha value is -2.37. The van der Waals surface area contributed by atoms with Crippen molar-refractivity contribution in [2.24, 2.45) is 5.73 Å². The van der Waals surface area contributed by atoms with E-state index in [4.69, 9.17) is 11.5 Å². The summed E-state index contributed by atoms with van der Waals surface area (Å²) in [6.07, 6.45) is 3.08. The van der Waals surface area contributed by atoms with Gasteiger partial charge in [-0.1, -0.05) is 26.1 Å². The van der Waals surface area contributed by atoms with Crippen LogP contribution in [0.15, 0.2) is 36.5 Å². The van der Waals surface area contributed by atoms with Gasteiger partial charge in [0.2, 0.25) is 17.7 Å².